The van der Waals surface area contributed by atoms with Crippen molar-refractivity contribution in [3.05, 3.63) is 65.3 Å². The first-order valence-corrected chi connectivity index (χ1v) is 9.04. The van der Waals surface area contributed by atoms with Crippen LogP contribution in [0, 0.1) is 12.8 Å². The minimum absolute atomic E-state index is 0.146. The van der Waals surface area contributed by atoms with Gasteiger partial charge >= 0.3 is 0 Å². The number of allylic oxidation sites excluding steroid dienone is 1. The third-order valence-corrected chi connectivity index (χ3v) is 5.19. The second kappa shape index (κ2) is 7.16. The Balaban J connectivity index is 2.16. The molecule has 0 bridgehead atoms. The standard InChI is InChI=1S/C22H25NO4/c1-13-7-9-16(10-8-13)23-17-12-22(4,26)21(15(3)25)20(19(17)14(2)24)18-6-5-11-27-18/h5-11,20-21,23,26H,12H2,1-4H3/t20-,21-,22-/m1/s1. The highest BCUT2D eigenvalue weighted by atomic mass is 16.3. The van der Waals surface area contributed by atoms with Crippen LogP contribution in [0.5, 0.6) is 0 Å². The first kappa shape index (κ1) is 19.1. The van der Waals surface area contributed by atoms with Crippen LogP contribution in [-0.4, -0.2) is 22.3 Å². The van der Waals surface area contributed by atoms with Gasteiger partial charge in [-0.1, -0.05) is 17.7 Å². The van der Waals surface area contributed by atoms with Gasteiger partial charge in [-0.2, -0.15) is 0 Å². The molecule has 0 spiro atoms. The summed E-state index contributed by atoms with van der Waals surface area (Å²) in [6, 6.07) is 11.3. The number of carbonyl (C=O) groups is 2. The van der Waals surface area contributed by atoms with Gasteiger partial charge in [-0.15, -0.1) is 0 Å². The van der Waals surface area contributed by atoms with Crippen molar-refractivity contribution in [2.75, 3.05) is 5.32 Å². The molecular formula is C22H25NO4. The molecule has 0 unspecified atom stereocenters. The summed E-state index contributed by atoms with van der Waals surface area (Å²) in [5.41, 5.74) is 1.74. The number of Topliss-reactive ketones (excluding diaryl/α,β-unsaturated/α-hetero) is 2. The Labute approximate surface area is 159 Å². The van der Waals surface area contributed by atoms with E-state index in [0.29, 0.717) is 17.0 Å². The molecular weight excluding hydrogens is 342 g/mol. The van der Waals surface area contributed by atoms with Crippen LogP contribution in [0.2, 0.25) is 0 Å². The molecule has 0 radical (unpaired) electrons. The number of aliphatic hydroxyl groups is 1. The van der Waals surface area contributed by atoms with Crippen molar-refractivity contribution < 1.29 is 19.1 Å². The van der Waals surface area contributed by atoms with Crippen molar-refractivity contribution in [2.45, 2.75) is 45.6 Å². The lowest BCUT2D eigenvalue weighted by Crippen LogP contribution is -2.48. The maximum atomic E-state index is 12.6. The predicted octanol–water partition coefficient (Wildman–Crippen LogP) is 3.99. The van der Waals surface area contributed by atoms with Crippen molar-refractivity contribution in [1.29, 1.82) is 0 Å². The van der Waals surface area contributed by atoms with Crippen LogP contribution >= 0.6 is 0 Å². The largest absolute Gasteiger partial charge is 0.469 e. The molecule has 3 atom stereocenters. The van der Waals surface area contributed by atoms with Gasteiger partial charge in [-0.3, -0.25) is 9.59 Å². The molecule has 0 aliphatic heterocycles. The molecule has 0 saturated heterocycles. The lowest BCUT2D eigenvalue weighted by molar-refractivity contribution is -0.131. The summed E-state index contributed by atoms with van der Waals surface area (Å²) >= 11 is 0. The fraction of sp³-hybridized carbons (Fsp3) is 0.364. The van der Waals surface area contributed by atoms with Crippen molar-refractivity contribution in [1.82, 2.24) is 0 Å². The van der Waals surface area contributed by atoms with E-state index in [2.05, 4.69) is 5.32 Å². The monoisotopic (exact) mass is 367 g/mol. The number of rotatable bonds is 5. The van der Waals surface area contributed by atoms with Gasteiger partial charge in [-0.05, 0) is 52.0 Å². The highest BCUT2D eigenvalue weighted by molar-refractivity contribution is 5.98. The summed E-state index contributed by atoms with van der Waals surface area (Å²) in [5.74, 6) is -1.20. The number of hydrogen-bond donors (Lipinski definition) is 2. The van der Waals surface area contributed by atoms with Crippen LogP contribution in [-0.2, 0) is 9.59 Å². The summed E-state index contributed by atoms with van der Waals surface area (Å²) in [5, 5.41) is 14.4. The van der Waals surface area contributed by atoms with Gasteiger partial charge in [0.05, 0.1) is 23.7 Å². The van der Waals surface area contributed by atoms with Gasteiger partial charge in [0.2, 0.25) is 0 Å². The average Bonchev–Trinajstić information content (AvgIpc) is 3.09. The number of anilines is 1. The molecule has 1 heterocycles. The molecule has 0 amide bonds. The van der Waals surface area contributed by atoms with Crippen molar-refractivity contribution in [3.8, 4) is 0 Å². The summed E-state index contributed by atoms with van der Waals surface area (Å²) in [4.78, 5) is 25.0. The molecule has 1 aliphatic rings. The van der Waals surface area contributed by atoms with E-state index in [1.165, 1.54) is 20.1 Å². The summed E-state index contributed by atoms with van der Waals surface area (Å²) in [6.07, 6.45) is 1.69. The van der Waals surface area contributed by atoms with E-state index >= 15 is 0 Å². The van der Waals surface area contributed by atoms with E-state index in [9.17, 15) is 14.7 Å². The highest BCUT2D eigenvalue weighted by Crippen LogP contribution is 2.47. The number of nitrogens with one attached hydrogen (secondary N) is 1. The van der Waals surface area contributed by atoms with Gasteiger partial charge < -0.3 is 14.8 Å². The number of benzene rings is 1. The van der Waals surface area contributed by atoms with Crippen molar-refractivity contribution in [3.63, 3.8) is 0 Å². The molecule has 142 valence electrons. The Bertz CT molecular complexity index is 876. The van der Waals surface area contributed by atoms with Crippen molar-refractivity contribution in [2.24, 2.45) is 5.92 Å². The fourth-order valence-corrected chi connectivity index (χ4v) is 4.08. The zero-order chi connectivity index (χ0) is 19.8. The molecule has 3 rings (SSSR count). The van der Waals surface area contributed by atoms with E-state index in [4.69, 9.17) is 4.42 Å². The number of carbonyl (C=O) groups excluding carboxylic acids is 2. The maximum absolute atomic E-state index is 12.6. The van der Waals surface area contributed by atoms with Gasteiger partial charge in [0.15, 0.2) is 5.78 Å². The van der Waals surface area contributed by atoms with Gasteiger partial charge in [0, 0.05) is 23.4 Å². The van der Waals surface area contributed by atoms with E-state index in [-0.39, 0.29) is 18.0 Å². The van der Waals surface area contributed by atoms with Crippen LogP contribution in [0.25, 0.3) is 0 Å². The molecule has 5 nitrogen and oxygen atoms in total. The number of aryl methyl sites for hydroxylation is 1. The lowest BCUT2D eigenvalue weighted by Gasteiger charge is -2.42. The zero-order valence-electron chi connectivity index (χ0n) is 16.1. The molecule has 0 saturated carbocycles. The third kappa shape index (κ3) is 3.74. The Hall–Kier alpha value is -2.66. The lowest BCUT2D eigenvalue weighted by atomic mass is 9.65. The van der Waals surface area contributed by atoms with E-state index in [0.717, 1.165) is 11.3 Å². The minimum Gasteiger partial charge on any atom is -0.469 e. The predicted molar refractivity (Wildman–Crippen MR) is 103 cm³/mol. The topological polar surface area (TPSA) is 79.5 Å². The summed E-state index contributed by atoms with van der Waals surface area (Å²) in [6.45, 7) is 6.58. The van der Waals surface area contributed by atoms with Gasteiger partial charge in [0.25, 0.3) is 0 Å². The highest BCUT2D eigenvalue weighted by Gasteiger charge is 2.50. The maximum Gasteiger partial charge on any atom is 0.158 e. The quantitative estimate of drug-likeness (QED) is 0.835. The van der Waals surface area contributed by atoms with Gasteiger partial charge in [0.1, 0.15) is 11.5 Å². The second-order valence-electron chi connectivity index (χ2n) is 7.55. The smallest absolute Gasteiger partial charge is 0.158 e. The third-order valence-electron chi connectivity index (χ3n) is 5.19. The number of furan rings is 1. The van der Waals surface area contributed by atoms with Crippen molar-refractivity contribution >= 4 is 17.3 Å². The minimum atomic E-state index is -1.31. The van der Waals surface area contributed by atoms with Crippen LogP contribution in [0.3, 0.4) is 0 Å². The molecule has 1 aromatic carbocycles. The summed E-state index contributed by atoms with van der Waals surface area (Å²) in [7, 11) is 0. The van der Waals surface area contributed by atoms with Crippen LogP contribution in [0.15, 0.2) is 58.3 Å². The average molecular weight is 367 g/mol. The zero-order valence-corrected chi connectivity index (χ0v) is 16.1. The Kier molecular flexibility index (Phi) is 5.07. The van der Waals surface area contributed by atoms with Crippen LogP contribution in [0.1, 0.15) is 44.4 Å². The summed E-state index contributed by atoms with van der Waals surface area (Å²) < 4.78 is 5.56. The molecule has 5 heteroatoms. The molecule has 1 aromatic heterocycles. The Morgan fingerprint density at radius 1 is 1.19 bits per heavy atom. The van der Waals surface area contributed by atoms with E-state index in [1.54, 1.807) is 19.1 Å². The van der Waals surface area contributed by atoms with E-state index in [1.807, 2.05) is 31.2 Å². The first-order chi connectivity index (χ1) is 12.7. The van der Waals surface area contributed by atoms with E-state index < -0.39 is 17.4 Å². The SMILES string of the molecule is CC(=O)C1=C(Nc2ccc(C)cc2)C[C@@](C)(O)[C@H](C(C)=O)[C@@H]1c1ccco1. The molecule has 1 aliphatic carbocycles. The fourth-order valence-electron chi connectivity index (χ4n) is 4.08. The number of ketones is 2. The molecule has 0 fully saturated rings. The second-order valence-corrected chi connectivity index (χ2v) is 7.55. The van der Waals surface area contributed by atoms with Crippen LogP contribution in [0.4, 0.5) is 5.69 Å². The molecule has 27 heavy (non-hydrogen) atoms. The first-order valence-electron chi connectivity index (χ1n) is 9.04. The Morgan fingerprint density at radius 2 is 1.85 bits per heavy atom. The van der Waals surface area contributed by atoms with Gasteiger partial charge in [-0.25, -0.2) is 0 Å². The number of hydrogen-bond acceptors (Lipinski definition) is 5. The van der Waals surface area contributed by atoms with Crippen LogP contribution < -0.4 is 5.32 Å². The molecule has 2 aromatic rings. The molecule has 2 N–H and O–H groups in total. The normalized spacial score (nSPS) is 25.4. The Morgan fingerprint density at radius 3 is 2.37 bits per heavy atom.